The zero-order valence-electron chi connectivity index (χ0n) is 10.8. The van der Waals surface area contributed by atoms with Gasteiger partial charge >= 0.3 is 5.76 Å². The number of hydrogen-bond donors (Lipinski definition) is 1. The van der Waals surface area contributed by atoms with Gasteiger partial charge in [-0.1, -0.05) is 23.7 Å². The summed E-state index contributed by atoms with van der Waals surface area (Å²) in [7, 11) is 0. The maximum absolute atomic E-state index is 11.7. The van der Waals surface area contributed by atoms with Crippen LogP contribution in [0.25, 0.3) is 0 Å². The zero-order chi connectivity index (χ0) is 13.0. The Bertz CT molecular complexity index is 459. The number of fused-ring (bicyclic) bond motifs is 1. The number of aromatic nitrogens is 2. The molecule has 5 heteroatoms. The molecule has 5 nitrogen and oxygen atoms in total. The Labute approximate surface area is 107 Å². The predicted molar refractivity (Wildman–Crippen MR) is 69.4 cm³/mol. The van der Waals surface area contributed by atoms with Gasteiger partial charge in [0.05, 0.1) is 0 Å². The summed E-state index contributed by atoms with van der Waals surface area (Å²) in [5.41, 5.74) is 5.69. The Hall–Kier alpha value is -1.36. The molecule has 2 N–H and O–H groups in total. The molecule has 0 bridgehead atoms. The molecule has 100 valence electrons. The van der Waals surface area contributed by atoms with Crippen molar-refractivity contribution in [3.63, 3.8) is 0 Å². The van der Waals surface area contributed by atoms with Crippen LogP contribution in [0.15, 0.2) is 21.5 Å². The number of rotatable bonds is 4. The van der Waals surface area contributed by atoms with Crippen molar-refractivity contribution in [3.05, 3.63) is 28.5 Å². The minimum Gasteiger partial charge on any atom is -0.328 e. The maximum Gasteiger partial charge on any atom is 0.441 e. The van der Waals surface area contributed by atoms with Crippen LogP contribution >= 0.6 is 0 Å². The van der Waals surface area contributed by atoms with Crippen molar-refractivity contribution in [2.24, 2.45) is 5.73 Å². The molecule has 2 atom stereocenters. The molecular weight excluding hydrogens is 230 g/mol. The highest BCUT2D eigenvalue weighted by Gasteiger charge is 2.21. The SMILES string of the molecule is CC(N)C/C=C\CC1CCCCc2noc(=O)n21. The van der Waals surface area contributed by atoms with Crippen LogP contribution < -0.4 is 11.5 Å². The maximum atomic E-state index is 11.7. The number of allylic oxidation sites excluding steroid dienone is 1. The van der Waals surface area contributed by atoms with Gasteiger partial charge in [-0.05, 0) is 32.6 Å². The summed E-state index contributed by atoms with van der Waals surface area (Å²) in [6.07, 6.45) is 9.98. The van der Waals surface area contributed by atoms with Gasteiger partial charge in [0.1, 0.15) is 0 Å². The smallest absolute Gasteiger partial charge is 0.328 e. The van der Waals surface area contributed by atoms with E-state index in [1.54, 1.807) is 4.57 Å². The molecule has 0 radical (unpaired) electrons. The van der Waals surface area contributed by atoms with Crippen LogP contribution in [0, 0.1) is 0 Å². The summed E-state index contributed by atoms with van der Waals surface area (Å²) in [5, 5.41) is 3.85. The van der Waals surface area contributed by atoms with Crippen molar-refractivity contribution < 1.29 is 4.52 Å². The van der Waals surface area contributed by atoms with Crippen LogP contribution in [-0.4, -0.2) is 15.8 Å². The molecule has 0 saturated carbocycles. The van der Waals surface area contributed by atoms with Crippen LogP contribution in [0.5, 0.6) is 0 Å². The van der Waals surface area contributed by atoms with Gasteiger partial charge in [-0.25, -0.2) is 4.79 Å². The normalized spacial score (nSPS) is 21.8. The van der Waals surface area contributed by atoms with Crippen LogP contribution in [0.1, 0.15) is 50.9 Å². The number of aryl methyl sites for hydroxylation is 1. The van der Waals surface area contributed by atoms with Gasteiger partial charge in [0, 0.05) is 18.5 Å². The van der Waals surface area contributed by atoms with E-state index in [9.17, 15) is 4.79 Å². The first-order valence-electron chi connectivity index (χ1n) is 6.66. The lowest BCUT2D eigenvalue weighted by atomic mass is 10.1. The minimum absolute atomic E-state index is 0.184. The van der Waals surface area contributed by atoms with Gasteiger partial charge in [-0.3, -0.25) is 9.09 Å². The average Bonchev–Trinajstić information content (AvgIpc) is 2.58. The Morgan fingerprint density at radius 1 is 1.56 bits per heavy atom. The van der Waals surface area contributed by atoms with Crippen LogP contribution in [-0.2, 0) is 6.42 Å². The third-order valence-corrected chi connectivity index (χ3v) is 3.34. The van der Waals surface area contributed by atoms with Crippen LogP contribution in [0.3, 0.4) is 0 Å². The summed E-state index contributed by atoms with van der Waals surface area (Å²) in [6.45, 7) is 1.98. The highest BCUT2D eigenvalue weighted by molar-refractivity contribution is 4.95. The fraction of sp³-hybridized carbons (Fsp3) is 0.692. The molecular formula is C13H21N3O2. The first-order chi connectivity index (χ1) is 8.68. The molecule has 0 aromatic carbocycles. The number of hydrogen-bond acceptors (Lipinski definition) is 4. The molecule has 1 aromatic rings. The molecule has 1 aliphatic rings. The molecule has 0 spiro atoms. The third kappa shape index (κ3) is 3.10. The van der Waals surface area contributed by atoms with E-state index < -0.39 is 0 Å². The first kappa shape index (κ1) is 13.1. The van der Waals surface area contributed by atoms with E-state index in [1.165, 1.54) is 0 Å². The van der Waals surface area contributed by atoms with E-state index in [0.29, 0.717) is 0 Å². The van der Waals surface area contributed by atoms with E-state index in [-0.39, 0.29) is 17.8 Å². The van der Waals surface area contributed by atoms with Gasteiger partial charge < -0.3 is 5.73 Å². The number of nitrogens with zero attached hydrogens (tertiary/aromatic N) is 2. The molecule has 0 fully saturated rings. The molecule has 18 heavy (non-hydrogen) atoms. The Balaban J connectivity index is 2.06. The van der Waals surface area contributed by atoms with E-state index in [4.69, 9.17) is 10.3 Å². The molecule has 0 aliphatic carbocycles. The second-order valence-electron chi connectivity index (χ2n) is 5.05. The molecule has 2 rings (SSSR count). The van der Waals surface area contributed by atoms with Gasteiger partial charge in [0.25, 0.3) is 0 Å². The highest BCUT2D eigenvalue weighted by atomic mass is 16.5. The Morgan fingerprint density at radius 3 is 3.17 bits per heavy atom. The van der Waals surface area contributed by atoms with Crippen molar-refractivity contribution in [1.29, 1.82) is 0 Å². The molecule has 1 aliphatic heterocycles. The van der Waals surface area contributed by atoms with E-state index >= 15 is 0 Å². The van der Waals surface area contributed by atoms with E-state index in [2.05, 4.69) is 17.3 Å². The van der Waals surface area contributed by atoms with Crippen molar-refractivity contribution in [2.45, 2.75) is 57.5 Å². The van der Waals surface area contributed by atoms with Gasteiger partial charge in [-0.15, -0.1) is 0 Å². The van der Waals surface area contributed by atoms with Crippen molar-refractivity contribution in [1.82, 2.24) is 9.72 Å². The molecule has 1 aromatic heterocycles. The van der Waals surface area contributed by atoms with Gasteiger partial charge in [-0.2, -0.15) is 0 Å². The van der Waals surface area contributed by atoms with Crippen LogP contribution in [0.4, 0.5) is 0 Å². The monoisotopic (exact) mass is 251 g/mol. The van der Waals surface area contributed by atoms with Crippen LogP contribution in [0.2, 0.25) is 0 Å². The molecule has 2 heterocycles. The highest BCUT2D eigenvalue weighted by Crippen LogP contribution is 2.24. The lowest BCUT2D eigenvalue weighted by Crippen LogP contribution is -2.21. The summed E-state index contributed by atoms with van der Waals surface area (Å²) in [6, 6.07) is 0.370. The van der Waals surface area contributed by atoms with Crippen molar-refractivity contribution in [3.8, 4) is 0 Å². The Morgan fingerprint density at radius 2 is 2.39 bits per heavy atom. The molecule has 0 saturated heterocycles. The Kier molecular flexibility index (Phi) is 4.36. The summed E-state index contributed by atoms with van der Waals surface area (Å²) in [5.74, 6) is 0.473. The van der Waals surface area contributed by atoms with Crippen molar-refractivity contribution >= 4 is 0 Å². The fourth-order valence-electron chi connectivity index (χ4n) is 2.39. The first-order valence-corrected chi connectivity index (χ1v) is 6.66. The minimum atomic E-state index is -0.322. The van der Waals surface area contributed by atoms with E-state index in [1.807, 2.05) is 6.92 Å². The molecule has 2 unspecified atom stereocenters. The van der Waals surface area contributed by atoms with E-state index in [0.717, 1.165) is 44.3 Å². The second kappa shape index (κ2) is 6.00. The predicted octanol–water partition coefficient (Wildman–Crippen LogP) is 1.79. The average molecular weight is 251 g/mol. The standard InChI is InChI=1S/C13H21N3O2/c1-10(14)6-2-3-7-11-8-4-5-9-12-15-18-13(17)16(11)12/h2-3,10-11H,4-9,14H2,1H3/b3-2-. The largest absolute Gasteiger partial charge is 0.441 e. The zero-order valence-corrected chi connectivity index (χ0v) is 10.8. The topological polar surface area (TPSA) is 74.1 Å². The molecule has 0 amide bonds. The number of nitrogens with two attached hydrogens (primary N) is 1. The fourth-order valence-corrected chi connectivity index (χ4v) is 2.39. The summed E-state index contributed by atoms with van der Waals surface area (Å²) < 4.78 is 6.49. The lowest BCUT2D eigenvalue weighted by Gasteiger charge is -2.13. The second-order valence-corrected chi connectivity index (χ2v) is 5.05. The summed E-state index contributed by atoms with van der Waals surface area (Å²) in [4.78, 5) is 11.7. The van der Waals surface area contributed by atoms with Crippen molar-refractivity contribution in [2.75, 3.05) is 0 Å². The summed E-state index contributed by atoms with van der Waals surface area (Å²) >= 11 is 0. The van der Waals surface area contributed by atoms with Gasteiger partial charge in [0.15, 0.2) is 5.82 Å². The third-order valence-electron chi connectivity index (χ3n) is 3.34. The lowest BCUT2D eigenvalue weighted by molar-refractivity contribution is 0.353. The van der Waals surface area contributed by atoms with Gasteiger partial charge in [0.2, 0.25) is 0 Å². The quantitative estimate of drug-likeness (QED) is 0.828.